The Morgan fingerprint density at radius 2 is 2.00 bits per heavy atom. The normalized spacial score (nSPS) is 11.8. The van der Waals surface area contributed by atoms with Crippen LogP contribution in [0.2, 0.25) is 5.02 Å². The molecule has 0 aliphatic heterocycles. The van der Waals surface area contributed by atoms with E-state index in [1.165, 1.54) is 6.07 Å². The summed E-state index contributed by atoms with van der Waals surface area (Å²) in [6.45, 7) is 7.98. The number of furan rings is 1. The Balaban J connectivity index is 1.99. The van der Waals surface area contributed by atoms with E-state index in [9.17, 15) is 10.1 Å². The van der Waals surface area contributed by atoms with Crippen LogP contribution >= 0.6 is 11.6 Å². The van der Waals surface area contributed by atoms with Crippen molar-refractivity contribution < 1.29 is 18.6 Å². The SMILES string of the molecule is Cc1cc(OCC[N+](C)(C)Cc2ccc([N+](=O)[O-])o2)c(C(C)C)cc1Cl. The fourth-order valence-electron chi connectivity index (χ4n) is 2.70. The summed E-state index contributed by atoms with van der Waals surface area (Å²) < 4.78 is 11.9. The molecule has 0 bridgehead atoms. The van der Waals surface area contributed by atoms with Crippen molar-refractivity contribution in [2.75, 3.05) is 27.2 Å². The van der Waals surface area contributed by atoms with Gasteiger partial charge in [-0.15, -0.1) is 0 Å². The number of hydrogen-bond acceptors (Lipinski definition) is 4. The van der Waals surface area contributed by atoms with Crippen molar-refractivity contribution in [1.82, 2.24) is 0 Å². The molecule has 0 fully saturated rings. The molecule has 0 unspecified atom stereocenters. The Morgan fingerprint density at radius 1 is 1.31 bits per heavy atom. The van der Waals surface area contributed by atoms with E-state index in [1.807, 2.05) is 33.2 Å². The number of hydrogen-bond donors (Lipinski definition) is 0. The van der Waals surface area contributed by atoms with Crippen LogP contribution in [0.15, 0.2) is 28.7 Å². The second-order valence-corrected chi connectivity index (χ2v) is 7.86. The van der Waals surface area contributed by atoms with Crippen LogP contribution in [0.1, 0.15) is 36.7 Å². The zero-order valence-electron chi connectivity index (χ0n) is 15.9. The van der Waals surface area contributed by atoms with Gasteiger partial charge in [0.15, 0.2) is 5.76 Å². The lowest BCUT2D eigenvalue weighted by atomic mass is 10.0. The minimum atomic E-state index is -0.525. The molecule has 0 aliphatic rings. The van der Waals surface area contributed by atoms with Crippen molar-refractivity contribution in [2.24, 2.45) is 0 Å². The Hall–Kier alpha value is -2.05. The Kier molecular flexibility index (Phi) is 6.31. The summed E-state index contributed by atoms with van der Waals surface area (Å²) >= 11 is 6.23. The molecule has 1 aromatic heterocycles. The standard InChI is InChI=1S/C19H26ClN2O4/c1-13(2)16-11-17(20)14(3)10-18(16)25-9-8-22(4,5)12-15-6-7-19(26-15)21(23)24/h6-7,10-11,13H,8-9,12H2,1-5H3/q+1. The molecule has 0 spiro atoms. The molecule has 0 saturated carbocycles. The van der Waals surface area contributed by atoms with Gasteiger partial charge in [-0.2, -0.15) is 0 Å². The summed E-state index contributed by atoms with van der Waals surface area (Å²) in [4.78, 5) is 10.2. The summed E-state index contributed by atoms with van der Waals surface area (Å²) in [6, 6.07) is 6.99. The van der Waals surface area contributed by atoms with Crippen LogP contribution in [0, 0.1) is 17.0 Å². The van der Waals surface area contributed by atoms with E-state index in [1.54, 1.807) is 6.07 Å². The number of benzene rings is 1. The van der Waals surface area contributed by atoms with Crippen LogP contribution in [-0.2, 0) is 6.54 Å². The Bertz CT molecular complexity index is 784. The van der Waals surface area contributed by atoms with Crippen LogP contribution < -0.4 is 4.74 Å². The fraction of sp³-hybridized carbons (Fsp3) is 0.474. The molecule has 0 radical (unpaired) electrons. The number of halogens is 1. The van der Waals surface area contributed by atoms with Gasteiger partial charge < -0.3 is 13.6 Å². The average molecular weight is 382 g/mol. The monoisotopic (exact) mass is 381 g/mol. The van der Waals surface area contributed by atoms with Crippen molar-refractivity contribution in [1.29, 1.82) is 0 Å². The van der Waals surface area contributed by atoms with Gasteiger partial charge in [-0.1, -0.05) is 25.4 Å². The van der Waals surface area contributed by atoms with Crippen molar-refractivity contribution in [2.45, 2.75) is 33.2 Å². The first kappa shape index (κ1) is 20.3. The van der Waals surface area contributed by atoms with Gasteiger partial charge in [0.05, 0.1) is 20.2 Å². The third-order valence-corrected chi connectivity index (χ3v) is 4.69. The van der Waals surface area contributed by atoms with Gasteiger partial charge >= 0.3 is 5.88 Å². The number of nitro groups is 1. The summed E-state index contributed by atoms with van der Waals surface area (Å²) in [5, 5.41) is 11.5. The first-order chi connectivity index (χ1) is 12.1. The van der Waals surface area contributed by atoms with E-state index < -0.39 is 4.92 Å². The summed E-state index contributed by atoms with van der Waals surface area (Å²) in [5.41, 5.74) is 2.08. The second kappa shape index (κ2) is 8.10. The van der Waals surface area contributed by atoms with Crippen LogP contribution in [0.5, 0.6) is 5.75 Å². The predicted octanol–water partition coefficient (Wildman–Crippen LogP) is 4.93. The maximum absolute atomic E-state index is 10.7. The number of aryl methyl sites for hydroxylation is 1. The molecule has 0 amide bonds. The number of nitrogens with zero attached hydrogens (tertiary/aromatic N) is 2. The van der Waals surface area contributed by atoms with E-state index in [2.05, 4.69) is 13.8 Å². The molecule has 0 N–H and O–H groups in total. The summed E-state index contributed by atoms with van der Waals surface area (Å²) in [7, 11) is 4.07. The molecule has 26 heavy (non-hydrogen) atoms. The third-order valence-electron chi connectivity index (χ3n) is 4.28. The summed E-state index contributed by atoms with van der Waals surface area (Å²) in [5.74, 6) is 1.53. The lowest BCUT2D eigenvalue weighted by Crippen LogP contribution is -2.41. The van der Waals surface area contributed by atoms with E-state index in [4.69, 9.17) is 20.8 Å². The maximum atomic E-state index is 10.7. The van der Waals surface area contributed by atoms with Crippen molar-refractivity contribution in [3.8, 4) is 5.75 Å². The highest BCUT2D eigenvalue weighted by atomic mass is 35.5. The second-order valence-electron chi connectivity index (χ2n) is 7.46. The largest absolute Gasteiger partial charge is 0.487 e. The zero-order chi connectivity index (χ0) is 19.5. The Labute approximate surface area is 159 Å². The molecule has 1 aromatic carbocycles. The van der Waals surface area contributed by atoms with Crippen LogP contribution in [0.4, 0.5) is 5.88 Å². The molecule has 2 rings (SSSR count). The van der Waals surface area contributed by atoms with Crippen molar-refractivity contribution in [3.63, 3.8) is 0 Å². The third kappa shape index (κ3) is 5.22. The summed E-state index contributed by atoms with van der Waals surface area (Å²) in [6.07, 6.45) is 0. The van der Waals surface area contributed by atoms with Crippen LogP contribution in [0.3, 0.4) is 0 Å². The number of quaternary nitrogens is 1. The maximum Gasteiger partial charge on any atom is 0.433 e. The van der Waals surface area contributed by atoms with Gasteiger partial charge in [-0.3, -0.25) is 10.1 Å². The van der Waals surface area contributed by atoms with E-state index in [0.29, 0.717) is 29.3 Å². The molecule has 0 atom stereocenters. The highest BCUT2D eigenvalue weighted by molar-refractivity contribution is 6.31. The lowest BCUT2D eigenvalue weighted by Gasteiger charge is -2.29. The zero-order valence-corrected chi connectivity index (χ0v) is 16.7. The van der Waals surface area contributed by atoms with E-state index in [-0.39, 0.29) is 5.88 Å². The molecule has 2 aromatic rings. The number of rotatable bonds is 8. The van der Waals surface area contributed by atoms with Gasteiger partial charge in [0.25, 0.3) is 0 Å². The fourth-order valence-corrected chi connectivity index (χ4v) is 2.87. The lowest BCUT2D eigenvalue weighted by molar-refractivity contribution is -0.904. The highest BCUT2D eigenvalue weighted by Gasteiger charge is 2.21. The van der Waals surface area contributed by atoms with Gasteiger partial charge in [-0.05, 0) is 42.2 Å². The molecule has 142 valence electrons. The molecule has 0 aliphatic carbocycles. The van der Waals surface area contributed by atoms with Gasteiger partial charge in [0, 0.05) is 5.02 Å². The quantitative estimate of drug-likeness (QED) is 0.369. The smallest absolute Gasteiger partial charge is 0.433 e. The molecule has 1 heterocycles. The van der Waals surface area contributed by atoms with Crippen molar-refractivity contribution >= 4 is 17.5 Å². The first-order valence-electron chi connectivity index (χ1n) is 8.57. The molecule has 6 nitrogen and oxygen atoms in total. The van der Waals surface area contributed by atoms with E-state index >= 15 is 0 Å². The number of ether oxygens (including phenoxy) is 1. The molecular formula is C19H26ClN2O4+. The Morgan fingerprint density at radius 3 is 2.58 bits per heavy atom. The predicted molar refractivity (Wildman–Crippen MR) is 102 cm³/mol. The molecular weight excluding hydrogens is 356 g/mol. The van der Waals surface area contributed by atoms with Crippen molar-refractivity contribution in [3.05, 3.63) is 56.3 Å². The minimum absolute atomic E-state index is 0.227. The molecule has 0 saturated heterocycles. The van der Waals surface area contributed by atoms with Gasteiger partial charge in [0.2, 0.25) is 0 Å². The van der Waals surface area contributed by atoms with Gasteiger partial charge in [-0.25, -0.2) is 0 Å². The topological polar surface area (TPSA) is 65.5 Å². The van der Waals surface area contributed by atoms with E-state index in [0.717, 1.165) is 28.4 Å². The molecule has 7 heteroatoms. The van der Waals surface area contributed by atoms with Crippen LogP contribution in [0.25, 0.3) is 0 Å². The highest BCUT2D eigenvalue weighted by Crippen LogP contribution is 2.32. The first-order valence-corrected chi connectivity index (χ1v) is 8.95. The minimum Gasteiger partial charge on any atom is -0.487 e. The van der Waals surface area contributed by atoms with Crippen LogP contribution in [-0.4, -0.2) is 36.7 Å². The average Bonchev–Trinajstić information content (AvgIpc) is 2.98. The van der Waals surface area contributed by atoms with Gasteiger partial charge in [0.1, 0.15) is 30.4 Å². The number of likely N-dealkylation sites (N-methyl/N-ethyl adjacent to an activating group) is 1.